The van der Waals surface area contributed by atoms with Crippen LogP contribution in [-0.4, -0.2) is 26.9 Å². The van der Waals surface area contributed by atoms with E-state index in [9.17, 15) is 0 Å². The summed E-state index contributed by atoms with van der Waals surface area (Å²) >= 11 is -1.81. The third kappa shape index (κ3) is 7.21. The van der Waals surface area contributed by atoms with Gasteiger partial charge in [-0.2, -0.15) is 0 Å². The summed E-state index contributed by atoms with van der Waals surface area (Å²) in [7, 11) is 3.49. The normalized spacial score (nSPS) is 14.1. The predicted molar refractivity (Wildman–Crippen MR) is 74.1 cm³/mol. The Balaban J connectivity index is 2.57. The third-order valence-corrected chi connectivity index (χ3v) is 5.85. The first kappa shape index (κ1) is 16.8. The molecule has 4 nitrogen and oxygen atoms in total. The maximum atomic E-state index is 5.77. The van der Waals surface area contributed by atoms with E-state index in [0.717, 1.165) is 17.7 Å². The van der Waals surface area contributed by atoms with Crippen molar-refractivity contribution in [2.75, 3.05) is 20.8 Å². The van der Waals surface area contributed by atoms with Crippen molar-refractivity contribution in [3.8, 4) is 0 Å². The molecular weight excluding hydrogens is 276 g/mol. The molecule has 1 aromatic carbocycles. The molecule has 1 rings (SSSR count). The third-order valence-electron chi connectivity index (χ3n) is 3.01. The Morgan fingerprint density at radius 3 is 2.37 bits per heavy atom. The van der Waals surface area contributed by atoms with Gasteiger partial charge in [0.25, 0.3) is 0 Å². The fraction of sp³-hybridized carbons (Fsp3) is 0.571. The van der Waals surface area contributed by atoms with Crippen molar-refractivity contribution < 1.29 is 25.3 Å². The van der Waals surface area contributed by atoms with E-state index in [1.807, 2.05) is 13.0 Å². The second kappa shape index (κ2) is 9.64. The van der Waals surface area contributed by atoms with Crippen LogP contribution in [0.1, 0.15) is 12.5 Å². The minimum absolute atomic E-state index is 0.0202. The summed E-state index contributed by atoms with van der Waals surface area (Å²) in [5, 5.41) is 3.31. The molecule has 0 aliphatic heterocycles. The van der Waals surface area contributed by atoms with Gasteiger partial charge in [-0.15, -0.1) is 0 Å². The van der Waals surface area contributed by atoms with Crippen molar-refractivity contribution in [2.24, 2.45) is 11.7 Å². The Hall–Kier alpha value is -0.226. The molecule has 107 valence electrons. The van der Waals surface area contributed by atoms with E-state index in [2.05, 4.69) is 29.6 Å². The van der Waals surface area contributed by atoms with Gasteiger partial charge in [-0.3, -0.25) is 0 Å². The van der Waals surface area contributed by atoms with E-state index in [1.54, 1.807) is 14.2 Å². The van der Waals surface area contributed by atoms with Crippen molar-refractivity contribution in [2.45, 2.75) is 24.2 Å². The van der Waals surface area contributed by atoms with Crippen molar-refractivity contribution in [1.82, 2.24) is 5.32 Å². The number of nitrogens with one attached hydrogen (secondary N) is 1. The zero-order chi connectivity index (χ0) is 14.1. The number of hydrogen-bond acceptors (Lipinski definition) is 4. The molecule has 2 atom stereocenters. The first-order valence-electron chi connectivity index (χ1n) is 6.62. The van der Waals surface area contributed by atoms with E-state index >= 15 is 0 Å². The molecule has 0 saturated heterocycles. The molecule has 0 aliphatic rings. The summed E-state index contributed by atoms with van der Waals surface area (Å²) in [5.41, 5.74) is 7.12. The fourth-order valence-corrected chi connectivity index (χ4v) is 3.97. The summed E-state index contributed by atoms with van der Waals surface area (Å²) in [5.74, 6) is 0.503. The van der Waals surface area contributed by atoms with E-state index in [0.29, 0.717) is 5.92 Å². The van der Waals surface area contributed by atoms with Crippen molar-refractivity contribution in [3.63, 3.8) is 0 Å². The quantitative estimate of drug-likeness (QED) is 0.540. The molecule has 0 aliphatic carbocycles. The van der Waals surface area contributed by atoms with Crippen molar-refractivity contribution in [3.05, 3.63) is 35.9 Å². The van der Waals surface area contributed by atoms with Crippen LogP contribution in [0.3, 0.4) is 0 Å². The van der Waals surface area contributed by atoms with Crippen molar-refractivity contribution >= 4 is 0 Å². The predicted octanol–water partition coefficient (Wildman–Crippen LogP) is 1.90. The van der Waals surface area contributed by atoms with E-state index < -0.39 is 18.6 Å². The molecule has 1 aromatic rings. The Morgan fingerprint density at radius 2 is 1.84 bits per heavy atom. The summed E-state index contributed by atoms with van der Waals surface area (Å²) in [6.07, 6.45) is 1.05. The van der Waals surface area contributed by atoms with Crippen LogP contribution in [-0.2, 0) is 31.7 Å². The van der Waals surface area contributed by atoms with E-state index in [-0.39, 0.29) is 6.17 Å². The molecule has 0 heterocycles. The van der Waals surface area contributed by atoms with Crippen LogP contribution in [0.4, 0.5) is 0 Å². The molecule has 3 N–H and O–H groups in total. The summed E-state index contributed by atoms with van der Waals surface area (Å²) in [4.78, 5) is 0. The topological polar surface area (TPSA) is 56.5 Å². The zero-order valence-electron chi connectivity index (χ0n) is 12.1. The molecule has 0 fully saturated rings. The Morgan fingerprint density at radius 1 is 1.21 bits per heavy atom. The molecule has 0 amide bonds. The standard InChI is InChI=1S/C12H19N2.2CH3O.Ti/c1-10(9-14-11(2)13)8-12-6-4-3-5-7-12;2*1-2;/h3-7,10-11,14H,1,8-9,13H2,2H3;2*1H3;/q;2*-1;+2. The first-order valence-corrected chi connectivity index (χ1v) is 9.00. The average molecular weight is 301 g/mol. The minimum atomic E-state index is -1.81. The molecule has 19 heavy (non-hydrogen) atoms. The van der Waals surface area contributed by atoms with Crippen LogP contribution < -0.4 is 11.1 Å². The van der Waals surface area contributed by atoms with Gasteiger partial charge in [-0.25, -0.2) is 0 Å². The summed E-state index contributed by atoms with van der Waals surface area (Å²) < 4.78 is 11.9. The second-order valence-corrected chi connectivity index (χ2v) is 7.81. The van der Waals surface area contributed by atoms with Gasteiger partial charge in [0.15, 0.2) is 0 Å². The number of rotatable bonds is 9. The molecule has 0 bridgehead atoms. The van der Waals surface area contributed by atoms with Gasteiger partial charge in [0.05, 0.1) is 0 Å². The van der Waals surface area contributed by atoms with Crippen LogP contribution in [0.25, 0.3) is 0 Å². The van der Waals surface area contributed by atoms with Crippen LogP contribution in [0.15, 0.2) is 30.3 Å². The SMILES string of the molecule is C[O][Ti]([CH2]C(CNC(C)N)Cc1ccccc1)[O]C. The van der Waals surface area contributed by atoms with Crippen molar-refractivity contribution in [1.29, 1.82) is 0 Å². The Labute approximate surface area is 123 Å². The van der Waals surface area contributed by atoms with Crippen LogP contribution in [0.5, 0.6) is 0 Å². The molecule has 0 spiro atoms. The maximum absolute atomic E-state index is 5.77. The van der Waals surface area contributed by atoms with Gasteiger partial charge in [0, 0.05) is 0 Å². The zero-order valence-corrected chi connectivity index (χ0v) is 13.6. The van der Waals surface area contributed by atoms with Gasteiger partial charge < -0.3 is 0 Å². The van der Waals surface area contributed by atoms with Gasteiger partial charge >= 0.3 is 123 Å². The molecule has 0 radical (unpaired) electrons. The van der Waals surface area contributed by atoms with Crippen LogP contribution >= 0.6 is 0 Å². The Kier molecular flexibility index (Phi) is 8.54. The van der Waals surface area contributed by atoms with E-state index in [4.69, 9.17) is 12.4 Å². The summed E-state index contributed by atoms with van der Waals surface area (Å²) in [6.45, 7) is 2.86. The summed E-state index contributed by atoms with van der Waals surface area (Å²) in [6, 6.07) is 10.5. The number of benzene rings is 1. The first-order chi connectivity index (χ1) is 9.15. The molecule has 0 aromatic heterocycles. The number of nitrogens with two attached hydrogens (primary N) is 1. The monoisotopic (exact) mass is 301 g/mol. The van der Waals surface area contributed by atoms with Gasteiger partial charge in [-0.05, 0) is 0 Å². The average Bonchev–Trinajstić information content (AvgIpc) is 2.42. The van der Waals surface area contributed by atoms with Gasteiger partial charge in [0.2, 0.25) is 0 Å². The van der Waals surface area contributed by atoms with Gasteiger partial charge in [0.1, 0.15) is 0 Å². The van der Waals surface area contributed by atoms with Crippen LogP contribution in [0.2, 0.25) is 4.73 Å². The Bertz CT molecular complexity index is 331. The number of hydrogen-bond donors (Lipinski definition) is 2. The molecule has 2 unspecified atom stereocenters. The molecular formula is C14H25N2O2Ti. The molecule has 5 heteroatoms. The van der Waals surface area contributed by atoms with E-state index in [1.165, 1.54) is 5.56 Å². The second-order valence-electron chi connectivity index (χ2n) is 4.74. The molecule has 0 saturated carbocycles. The fourth-order valence-electron chi connectivity index (χ4n) is 2.00. The van der Waals surface area contributed by atoms with Crippen LogP contribution in [0, 0.1) is 5.92 Å². The van der Waals surface area contributed by atoms with Gasteiger partial charge in [-0.1, -0.05) is 0 Å².